The molecule has 0 radical (unpaired) electrons. The van der Waals surface area contributed by atoms with Crippen LogP contribution in [-0.2, 0) is 8.23 Å². The van der Waals surface area contributed by atoms with E-state index in [0.29, 0.717) is 0 Å². The minimum Gasteiger partial charge on any atom is -0.466 e. The Morgan fingerprint density at radius 3 is 1.73 bits per heavy atom. The summed E-state index contributed by atoms with van der Waals surface area (Å²) in [5.41, 5.74) is 0. The van der Waals surface area contributed by atoms with Gasteiger partial charge in [-0.2, -0.15) is 0 Å². The first kappa shape index (κ1) is 15.0. The Morgan fingerprint density at radius 1 is 0.933 bits per heavy atom. The summed E-state index contributed by atoms with van der Waals surface area (Å²) >= 11 is 0. The Labute approximate surface area is 103 Å². The number of hydrogen-bond acceptors (Lipinski definition) is 2. The Morgan fingerprint density at radius 2 is 1.40 bits per heavy atom. The summed E-state index contributed by atoms with van der Waals surface area (Å²) in [7, 11) is 0.239. The van der Waals surface area contributed by atoms with E-state index in [4.69, 9.17) is 8.23 Å². The third kappa shape index (κ3) is 7.88. The molecule has 0 bridgehead atoms. The molecule has 6 heteroatoms. The molecular formula is C9H22O2Si4. The minimum atomic E-state index is -0.978. The second-order valence-electron chi connectivity index (χ2n) is 3.57. The lowest BCUT2D eigenvalue weighted by Crippen LogP contribution is -2.28. The molecule has 15 heavy (non-hydrogen) atoms. The molecule has 0 aliphatic carbocycles. The van der Waals surface area contributed by atoms with Crippen LogP contribution in [0.5, 0.6) is 0 Å². The van der Waals surface area contributed by atoms with Gasteiger partial charge in [0.1, 0.15) is 21.0 Å². The third-order valence-corrected chi connectivity index (χ3v) is 10.0. The monoisotopic (exact) mass is 274 g/mol. The molecule has 1 aromatic rings. The van der Waals surface area contributed by atoms with E-state index in [2.05, 4.69) is 43.9 Å². The van der Waals surface area contributed by atoms with E-state index < -0.39 is 18.1 Å². The molecule has 0 aliphatic heterocycles. The topological polar surface area (TPSA) is 18.5 Å². The standard InChI is InChI=1S/C7H12OSi2.C2H10OSi2/c1-10(8-9)7-5-3-2-4-6-7;1-5(2)3-4/h2-6,10H,1,9H3;5H,1-2,4H3. The number of hydrogen-bond donors (Lipinski definition) is 0. The highest BCUT2D eigenvalue weighted by Crippen LogP contribution is 1.87. The first-order chi connectivity index (χ1) is 7.11. The van der Waals surface area contributed by atoms with Crippen molar-refractivity contribution < 1.29 is 8.23 Å². The van der Waals surface area contributed by atoms with E-state index in [9.17, 15) is 0 Å². The van der Waals surface area contributed by atoms with Crippen molar-refractivity contribution in [2.45, 2.75) is 19.6 Å². The maximum absolute atomic E-state index is 5.41. The highest BCUT2D eigenvalue weighted by atomic mass is 28.3. The molecule has 0 saturated heterocycles. The number of benzene rings is 1. The van der Waals surface area contributed by atoms with Crippen LogP contribution >= 0.6 is 0 Å². The van der Waals surface area contributed by atoms with E-state index in [1.54, 1.807) is 0 Å². The van der Waals surface area contributed by atoms with E-state index in [-0.39, 0.29) is 0 Å². The van der Waals surface area contributed by atoms with E-state index >= 15 is 0 Å². The fraction of sp³-hybridized carbons (Fsp3) is 0.333. The lowest BCUT2D eigenvalue weighted by atomic mass is 10.4. The van der Waals surface area contributed by atoms with Crippen LogP contribution in [0.1, 0.15) is 0 Å². The zero-order chi connectivity index (χ0) is 11.7. The minimum absolute atomic E-state index is 0.588. The Hall–Kier alpha value is 0.00753. The van der Waals surface area contributed by atoms with Crippen LogP contribution in [-0.4, -0.2) is 39.1 Å². The van der Waals surface area contributed by atoms with Crippen LogP contribution in [0, 0.1) is 0 Å². The van der Waals surface area contributed by atoms with Gasteiger partial charge in [0.15, 0.2) is 18.1 Å². The van der Waals surface area contributed by atoms with Crippen LogP contribution in [0.25, 0.3) is 0 Å². The second-order valence-corrected chi connectivity index (χ2v) is 11.4. The van der Waals surface area contributed by atoms with Crippen LogP contribution < -0.4 is 5.19 Å². The lowest BCUT2D eigenvalue weighted by molar-refractivity contribution is 0.647. The van der Waals surface area contributed by atoms with E-state index in [1.807, 2.05) is 6.07 Å². The molecule has 0 spiro atoms. The van der Waals surface area contributed by atoms with Gasteiger partial charge >= 0.3 is 0 Å². The molecule has 2 nitrogen and oxygen atoms in total. The third-order valence-electron chi connectivity index (χ3n) is 2.09. The van der Waals surface area contributed by atoms with Gasteiger partial charge in [-0.05, 0) is 24.8 Å². The summed E-state index contributed by atoms with van der Waals surface area (Å²) in [4.78, 5) is 0. The summed E-state index contributed by atoms with van der Waals surface area (Å²) in [6, 6.07) is 10.5. The summed E-state index contributed by atoms with van der Waals surface area (Å²) in [5.74, 6) is 0. The zero-order valence-electron chi connectivity index (χ0n) is 10.4. The molecule has 86 valence electrons. The first-order valence-electron chi connectivity index (χ1n) is 5.22. The molecule has 0 aromatic heterocycles. The molecule has 0 aliphatic rings. The first-order valence-corrected chi connectivity index (χ1v) is 11.8. The smallest absolute Gasteiger partial charge is 0.191 e. The quantitative estimate of drug-likeness (QED) is 0.646. The van der Waals surface area contributed by atoms with Gasteiger partial charge in [-0.1, -0.05) is 30.3 Å². The average Bonchev–Trinajstić information content (AvgIpc) is 2.30. The van der Waals surface area contributed by atoms with Gasteiger partial charge < -0.3 is 8.23 Å². The van der Waals surface area contributed by atoms with Crippen molar-refractivity contribution >= 4 is 44.2 Å². The van der Waals surface area contributed by atoms with Gasteiger partial charge in [-0.3, -0.25) is 0 Å². The van der Waals surface area contributed by atoms with Crippen LogP contribution in [0.2, 0.25) is 19.6 Å². The molecule has 0 saturated carbocycles. The fourth-order valence-corrected chi connectivity index (χ4v) is 2.71. The van der Waals surface area contributed by atoms with E-state index in [1.165, 1.54) is 5.19 Å². The van der Waals surface area contributed by atoms with Gasteiger partial charge in [-0.25, -0.2) is 0 Å². The Balaban J connectivity index is 0.000000336. The molecule has 0 amide bonds. The van der Waals surface area contributed by atoms with Crippen molar-refractivity contribution in [1.29, 1.82) is 0 Å². The molecular weight excluding hydrogens is 252 g/mol. The van der Waals surface area contributed by atoms with Crippen LogP contribution in [0.3, 0.4) is 0 Å². The maximum atomic E-state index is 5.41. The lowest BCUT2D eigenvalue weighted by Gasteiger charge is -2.06. The van der Waals surface area contributed by atoms with Gasteiger partial charge in [0.2, 0.25) is 0 Å². The highest BCUT2D eigenvalue weighted by Gasteiger charge is 2.02. The van der Waals surface area contributed by atoms with Crippen LogP contribution in [0.15, 0.2) is 30.3 Å². The highest BCUT2D eigenvalue weighted by molar-refractivity contribution is 6.68. The fourth-order valence-electron chi connectivity index (χ4n) is 0.860. The van der Waals surface area contributed by atoms with Crippen molar-refractivity contribution in [2.24, 2.45) is 0 Å². The van der Waals surface area contributed by atoms with Crippen molar-refractivity contribution in [3.63, 3.8) is 0 Å². The van der Waals surface area contributed by atoms with Gasteiger partial charge in [0, 0.05) is 0 Å². The average molecular weight is 275 g/mol. The molecule has 0 fully saturated rings. The van der Waals surface area contributed by atoms with Gasteiger partial charge in [0.25, 0.3) is 0 Å². The van der Waals surface area contributed by atoms with Crippen molar-refractivity contribution in [3.05, 3.63) is 30.3 Å². The Kier molecular flexibility index (Phi) is 9.25. The zero-order valence-corrected chi connectivity index (χ0v) is 16.7. The second kappa shape index (κ2) is 9.25. The van der Waals surface area contributed by atoms with Gasteiger partial charge in [0.05, 0.1) is 0 Å². The molecule has 1 unspecified atom stereocenters. The Bertz CT molecular complexity index is 243. The van der Waals surface area contributed by atoms with Gasteiger partial charge in [-0.15, -0.1) is 0 Å². The molecule has 0 N–H and O–H groups in total. The summed E-state index contributed by atoms with van der Waals surface area (Å²) in [6.45, 7) is 6.56. The predicted octanol–water partition coefficient (Wildman–Crippen LogP) is -1.19. The van der Waals surface area contributed by atoms with Crippen molar-refractivity contribution in [1.82, 2.24) is 0 Å². The predicted molar refractivity (Wildman–Crippen MR) is 80.0 cm³/mol. The maximum Gasteiger partial charge on any atom is 0.191 e. The summed E-state index contributed by atoms with van der Waals surface area (Å²) < 4.78 is 10.4. The molecule has 1 rings (SSSR count). The van der Waals surface area contributed by atoms with Crippen molar-refractivity contribution in [3.8, 4) is 0 Å². The normalized spacial score (nSPS) is 12.3. The molecule has 0 heterocycles. The largest absolute Gasteiger partial charge is 0.466 e. The van der Waals surface area contributed by atoms with Crippen LogP contribution in [0.4, 0.5) is 0 Å². The molecule has 1 atom stereocenters. The SMILES string of the molecule is C[SiH](C)O[SiH3].C[SiH](O[SiH3])c1ccccc1. The number of rotatable bonds is 3. The summed E-state index contributed by atoms with van der Waals surface area (Å²) in [5, 5.41) is 1.40. The van der Waals surface area contributed by atoms with E-state index in [0.717, 1.165) is 21.0 Å². The molecule has 1 aromatic carbocycles. The van der Waals surface area contributed by atoms with Crippen molar-refractivity contribution in [2.75, 3.05) is 0 Å². The summed E-state index contributed by atoms with van der Waals surface area (Å²) in [6.07, 6.45) is 0.